The van der Waals surface area contributed by atoms with Gasteiger partial charge in [-0.25, -0.2) is 4.79 Å². The highest BCUT2D eigenvalue weighted by Gasteiger charge is 2.00. The Bertz CT molecular complexity index is 394. The molecule has 0 aliphatic rings. The summed E-state index contributed by atoms with van der Waals surface area (Å²) < 4.78 is 21.1. The molecule has 5 nitrogen and oxygen atoms in total. The molecule has 1 rings (SSSR count). The molecule has 0 unspecified atom stereocenters. The number of ether oxygens (including phenoxy) is 4. The SMILES string of the molecule is CCOC(=O)COCCCCOCCCOCc1ccccc1. The summed E-state index contributed by atoms with van der Waals surface area (Å²) in [4.78, 5) is 11.0. The first kappa shape index (κ1) is 19.6. The van der Waals surface area contributed by atoms with E-state index in [9.17, 15) is 4.79 Å². The first-order valence-electron chi connectivity index (χ1n) is 8.25. The van der Waals surface area contributed by atoms with Crippen LogP contribution in [0.15, 0.2) is 30.3 Å². The predicted molar refractivity (Wildman–Crippen MR) is 88.2 cm³/mol. The number of hydrogen-bond acceptors (Lipinski definition) is 5. The van der Waals surface area contributed by atoms with Crippen LogP contribution >= 0.6 is 0 Å². The van der Waals surface area contributed by atoms with E-state index in [1.807, 2.05) is 18.2 Å². The number of rotatable bonds is 14. The zero-order valence-electron chi connectivity index (χ0n) is 14.0. The second-order valence-corrected chi connectivity index (χ2v) is 5.07. The Morgan fingerprint density at radius 1 is 0.870 bits per heavy atom. The summed E-state index contributed by atoms with van der Waals surface area (Å²) in [7, 11) is 0. The maximum absolute atomic E-state index is 11.0. The molecule has 0 saturated carbocycles. The molecule has 0 aliphatic carbocycles. The van der Waals surface area contributed by atoms with Crippen LogP contribution in [0, 0.1) is 0 Å². The molecule has 1 aromatic carbocycles. The molecular weight excluding hydrogens is 296 g/mol. The number of hydrogen-bond donors (Lipinski definition) is 0. The van der Waals surface area contributed by atoms with Crippen molar-refractivity contribution in [3.05, 3.63) is 35.9 Å². The van der Waals surface area contributed by atoms with Crippen molar-refractivity contribution in [3.63, 3.8) is 0 Å². The first-order chi connectivity index (χ1) is 11.3. The van der Waals surface area contributed by atoms with Crippen molar-refractivity contribution in [1.82, 2.24) is 0 Å². The second-order valence-electron chi connectivity index (χ2n) is 5.07. The van der Waals surface area contributed by atoms with Crippen LogP contribution < -0.4 is 0 Å². The van der Waals surface area contributed by atoms with Gasteiger partial charge in [0.2, 0.25) is 0 Å². The van der Waals surface area contributed by atoms with Crippen molar-refractivity contribution in [3.8, 4) is 0 Å². The van der Waals surface area contributed by atoms with Crippen LogP contribution in [-0.4, -0.2) is 45.6 Å². The summed E-state index contributed by atoms with van der Waals surface area (Å²) in [6.45, 7) is 5.54. The van der Waals surface area contributed by atoms with Crippen molar-refractivity contribution in [2.45, 2.75) is 32.8 Å². The fourth-order valence-electron chi connectivity index (χ4n) is 1.90. The van der Waals surface area contributed by atoms with E-state index in [2.05, 4.69) is 12.1 Å². The van der Waals surface area contributed by atoms with Gasteiger partial charge in [-0.05, 0) is 31.7 Å². The van der Waals surface area contributed by atoms with E-state index in [1.165, 1.54) is 5.56 Å². The Kier molecular flexibility index (Phi) is 12.1. The van der Waals surface area contributed by atoms with Crippen molar-refractivity contribution >= 4 is 5.97 Å². The number of benzene rings is 1. The Labute approximate surface area is 138 Å². The largest absolute Gasteiger partial charge is 0.464 e. The van der Waals surface area contributed by atoms with E-state index < -0.39 is 0 Å². The quantitative estimate of drug-likeness (QED) is 0.389. The zero-order chi connectivity index (χ0) is 16.6. The molecule has 0 spiro atoms. The molecule has 130 valence electrons. The van der Waals surface area contributed by atoms with E-state index in [1.54, 1.807) is 6.92 Å². The highest BCUT2D eigenvalue weighted by atomic mass is 16.6. The molecule has 5 heteroatoms. The van der Waals surface area contributed by atoms with Crippen molar-refractivity contribution in [1.29, 1.82) is 0 Å². The second kappa shape index (κ2) is 14.2. The van der Waals surface area contributed by atoms with E-state index in [-0.39, 0.29) is 12.6 Å². The van der Waals surface area contributed by atoms with Crippen LogP contribution in [0.5, 0.6) is 0 Å². The summed E-state index contributed by atoms with van der Waals surface area (Å²) in [5.74, 6) is -0.306. The minimum absolute atomic E-state index is 0.0352. The van der Waals surface area contributed by atoms with Crippen LogP contribution in [0.3, 0.4) is 0 Å². The van der Waals surface area contributed by atoms with Gasteiger partial charge in [0.1, 0.15) is 6.61 Å². The summed E-state index contributed by atoms with van der Waals surface area (Å²) in [5.41, 5.74) is 1.19. The molecule has 0 aromatic heterocycles. The molecule has 0 heterocycles. The van der Waals surface area contributed by atoms with E-state index in [0.29, 0.717) is 39.6 Å². The Balaban J connectivity index is 1.77. The van der Waals surface area contributed by atoms with Gasteiger partial charge < -0.3 is 18.9 Å². The fraction of sp³-hybridized carbons (Fsp3) is 0.611. The van der Waals surface area contributed by atoms with Gasteiger partial charge in [-0.3, -0.25) is 0 Å². The average molecular weight is 324 g/mol. The Hall–Kier alpha value is -1.43. The smallest absolute Gasteiger partial charge is 0.332 e. The lowest BCUT2D eigenvalue weighted by molar-refractivity contribution is -0.148. The van der Waals surface area contributed by atoms with E-state index in [4.69, 9.17) is 18.9 Å². The minimum Gasteiger partial charge on any atom is -0.464 e. The lowest BCUT2D eigenvalue weighted by atomic mass is 10.2. The van der Waals surface area contributed by atoms with Crippen LogP contribution in [0.25, 0.3) is 0 Å². The molecule has 23 heavy (non-hydrogen) atoms. The number of carbonyl (C=O) groups is 1. The lowest BCUT2D eigenvalue weighted by Gasteiger charge is -2.06. The van der Waals surface area contributed by atoms with Gasteiger partial charge in [-0.1, -0.05) is 30.3 Å². The fourth-order valence-corrected chi connectivity index (χ4v) is 1.90. The van der Waals surface area contributed by atoms with Gasteiger partial charge in [-0.15, -0.1) is 0 Å². The number of unbranched alkanes of at least 4 members (excludes halogenated alkanes) is 1. The number of carbonyl (C=O) groups excluding carboxylic acids is 1. The third kappa shape index (κ3) is 11.8. The Morgan fingerprint density at radius 3 is 2.26 bits per heavy atom. The zero-order valence-corrected chi connectivity index (χ0v) is 14.0. The summed E-state index contributed by atoms with van der Waals surface area (Å²) in [6.07, 6.45) is 2.70. The molecule has 0 radical (unpaired) electrons. The molecule has 0 saturated heterocycles. The van der Waals surface area contributed by atoms with E-state index in [0.717, 1.165) is 19.3 Å². The van der Waals surface area contributed by atoms with Gasteiger partial charge in [0.05, 0.1) is 13.2 Å². The van der Waals surface area contributed by atoms with Crippen molar-refractivity contribution in [2.24, 2.45) is 0 Å². The summed E-state index contributed by atoms with van der Waals surface area (Å²) in [5, 5.41) is 0. The molecule has 0 fully saturated rings. The monoisotopic (exact) mass is 324 g/mol. The van der Waals surface area contributed by atoms with Crippen LogP contribution in [0.2, 0.25) is 0 Å². The topological polar surface area (TPSA) is 54.0 Å². The third-order valence-electron chi connectivity index (χ3n) is 3.04. The molecule has 0 bridgehead atoms. The van der Waals surface area contributed by atoms with Crippen LogP contribution in [-0.2, 0) is 30.3 Å². The summed E-state index contributed by atoms with van der Waals surface area (Å²) >= 11 is 0. The van der Waals surface area contributed by atoms with E-state index >= 15 is 0 Å². The molecular formula is C18H28O5. The summed E-state index contributed by atoms with van der Waals surface area (Å²) in [6, 6.07) is 10.1. The van der Waals surface area contributed by atoms with Crippen molar-refractivity contribution < 1.29 is 23.7 Å². The minimum atomic E-state index is -0.306. The lowest BCUT2D eigenvalue weighted by Crippen LogP contribution is -2.13. The Morgan fingerprint density at radius 2 is 1.52 bits per heavy atom. The third-order valence-corrected chi connectivity index (χ3v) is 3.04. The van der Waals surface area contributed by atoms with Gasteiger partial charge in [0, 0.05) is 26.4 Å². The average Bonchev–Trinajstić information content (AvgIpc) is 2.57. The van der Waals surface area contributed by atoms with Crippen LogP contribution in [0.4, 0.5) is 0 Å². The maximum Gasteiger partial charge on any atom is 0.332 e. The standard InChI is InChI=1S/C18H28O5/c1-2-23-18(19)16-22-12-7-6-11-20-13-8-14-21-15-17-9-4-3-5-10-17/h3-5,9-10H,2,6-8,11-16H2,1H3. The van der Waals surface area contributed by atoms with Gasteiger partial charge in [0.15, 0.2) is 0 Å². The number of esters is 1. The normalized spacial score (nSPS) is 10.7. The highest BCUT2D eigenvalue weighted by Crippen LogP contribution is 2.01. The maximum atomic E-state index is 11.0. The molecule has 1 aromatic rings. The van der Waals surface area contributed by atoms with Gasteiger partial charge in [-0.2, -0.15) is 0 Å². The molecule has 0 aliphatic heterocycles. The van der Waals surface area contributed by atoms with Crippen LogP contribution in [0.1, 0.15) is 31.7 Å². The predicted octanol–water partition coefficient (Wildman–Crippen LogP) is 2.97. The molecule has 0 atom stereocenters. The van der Waals surface area contributed by atoms with Gasteiger partial charge in [0.25, 0.3) is 0 Å². The highest BCUT2D eigenvalue weighted by molar-refractivity contribution is 5.70. The molecule has 0 N–H and O–H groups in total. The first-order valence-corrected chi connectivity index (χ1v) is 8.25. The molecule has 0 amide bonds. The van der Waals surface area contributed by atoms with Gasteiger partial charge >= 0.3 is 5.97 Å². The van der Waals surface area contributed by atoms with Crippen molar-refractivity contribution in [2.75, 3.05) is 39.6 Å².